The minimum atomic E-state index is 0.628. The van der Waals surface area contributed by atoms with Crippen molar-refractivity contribution in [2.45, 2.75) is 0 Å². The van der Waals surface area contributed by atoms with E-state index in [2.05, 4.69) is 169 Å². The number of aromatic nitrogens is 3. The van der Waals surface area contributed by atoms with Crippen molar-refractivity contribution in [1.82, 2.24) is 15.0 Å². The fourth-order valence-corrected chi connectivity index (χ4v) is 10.2. The van der Waals surface area contributed by atoms with Crippen LogP contribution in [0.2, 0.25) is 0 Å². The molecule has 0 aliphatic rings. The summed E-state index contributed by atoms with van der Waals surface area (Å²) in [7, 11) is 0. The van der Waals surface area contributed by atoms with Crippen molar-refractivity contribution in [3.63, 3.8) is 0 Å². The first-order valence-corrected chi connectivity index (χ1v) is 21.8. The van der Waals surface area contributed by atoms with Crippen LogP contribution < -0.4 is 0 Å². The van der Waals surface area contributed by atoms with E-state index in [1.807, 2.05) is 42.5 Å². The normalized spacial score (nSPS) is 11.5. The summed E-state index contributed by atoms with van der Waals surface area (Å²) in [6.07, 6.45) is 0. The fourth-order valence-electron chi connectivity index (χ4n) is 9.04. The van der Waals surface area contributed by atoms with Gasteiger partial charge in [0.25, 0.3) is 0 Å². The lowest BCUT2D eigenvalue weighted by Gasteiger charge is -2.16. The van der Waals surface area contributed by atoms with Gasteiger partial charge in [-0.15, -0.1) is 11.3 Å². The zero-order valence-corrected chi connectivity index (χ0v) is 34.6. The second kappa shape index (κ2) is 15.0. The molecule has 0 atom stereocenters. The number of nitrogens with zero attached hydrogens (tertiary/aromatic N) is 4. The van der Waals surface area contributed by atoms with E-state index >= 15 is 0 Å². The highest BCUT2D eigenvalue weighted by atomic mass is 32.1. The van der Waals surface area contributed by atoms with Crippen LogP contribution >= 0.6 is 11.3 Å². The van der Waals surface area contributed by atoms with Crippen LogP contribution in [0.5, 0.6) is 0 Å². The molecule has 0 aliphatic heterocycles. The van der Waals surface area contributed by atoms with Crippen LogP contribution in [-0.4, -0.2) is 15.0 Å². The van der Waals surface area contributed by atoms with Gasteiger partial charge in [0.1, 0.15) is 0 Å². The Kier molecular flexibility index (Phi) is 8.70. The molecule has 2 aromatic heterocycles. The number of hydrogen-bond acceptors (Lipinski definition) is 4. The second-order valence-corrected chi connectivity index (χ2v) is 16.9. The molecule has 12 aromatic rings. The molecule has 0 saturated carbocycles. The van der Waals surface area contributed by atoms with Gasteiger partial charge in [-0.25, -0.2) is 19.8 Å². The highest BCUT2D eigenvalue weighted by molar-refractivity contribution is 7.25. The monoisotopic (exact) mass is 818 g/mol. The van der Waals surface area contributed by atoms with E-state index in [1.54, 1.807) is 11.3 Å². The van der Waals surface area contributed by atoms with Gasteiger partial charge in [-0.05, 0) is 96.0 Å². The summed E-state index contributed by atoms with van der Waals surface area (Å²) >= 11 is 1.80. The van der Waals surface area contributed by atoms with Crippen molar-refractivity contribution in [2.24, 2.45) is 0 Å². The first-order chi connectivity index (χ1) is 31.1. The van der Waals surface area contributed by atoms with Crippen LogP contribution in [0.4, 0.5) is 5.69 Å². The molecule has 0 N–H and O–H groups in total. The van der Waals surface area contributed by atoms with Gasteiger partial charge in [0, 0.05) is 36.9 Å². The largest absolute Gasteiger partial charge is 0.238 e. The van der Waals surface area contributed by atoms with Crippen LogP contribution in [0.15, 0.2) is 206 Å². The first-order valence-electron chi connectivity index (χ1n) is 20.9. The number of thiophene rings is 1. The Morgan fingerprint density at radius 1 is 0.302 bits per heavy atom. The van der Waals surface area contributed by atoms with Gasteiger partial charge < -0.3 is 0 Å². The van der Waals surface area contributed by atoms with Gasteiger partial charge in [0.2, 0.25) is 0 Å². The molecule has 0 radical (unpaired) electrons. The Balaban J connectivity index is 0.993. The topological polar surface area (TPSA) is 43.0 Å². The van der Waals surface area contributed by atoms with Gasteiger partial charge in [0.05, 0.1) is 6.57 Å². The molecule has 5 heteroatoms. The molecule has 0 bridgehead atoms. The Bertz CT molecular complexity index is 3790. The highest BCUT2D eigenvalue weighted by Gasteiger charge is 2.18. The summed E-state index contributed by atoms with van der Waals surface area (Å²) in [6.45, 7) is 7.32. The molecule has 0 spiro atoms. The molecule has 0 aliphatic carbocycles. The zero-order chi connectivity index (χ0) is 41.9. The molecular formula is C58H34N4S. The van der Waals surface area contributed by atoms with Crippen molar-refractivity contribution in [3.05, 3.63) is 218 Å². The van der Waals surface area contributed by atoms with Gasteiger partial charge >= 0.3 is 0 Å². The second-order valence-electron chi connectivity index (χ2n) is 15.8. The number of hydrogen-bond donors (Lipinski definition) is 0. The highest BCUT2D eigenvalue weighted by Crippen LogP contribution is 2.43. The quantitative estimate of drug-likeness (QED) is 0.124. The molecule has 0 amide bonds. The van der Waals surface area contributed by atoms with Gasteiger partial charge in [-0.2, -0.15) is 0 Å². The van der Waals surface area contributed by atoms with Crippen molar-refractivity contribution in [1.29, 1.82) is 0 Å². The van der Waals surface area contributed by atoms with E-state index < -0.39 is 0 Å². The van der Waals surface area contributed by atoms with Crippen LogP contribution in [0.3, 0.4) is 0 Å². The van der Waals surface area contributed by atoms with Crippen LogP contribution in [-0.2, 0) is 0 Å². The summed E-state index contributed by atoms with van der Waals surface area (Å²) in [6, 6.07) is 72.7. The summed E-state index contributed by atoms with van der Waals surface area (Å²) in [5, 5.41) is 9.71. The minimum Gasteiger partial charge on any atom is -0.238 e. The maximum absolute atomic E-state index is 7.32. The number of rotatable bonds is 6. The maximum Gasteiger partial charge on any atom is 0.187 e. The Labute approximate surface area is 367 Å². The summed E-state index contributed by atoms with van der Waals surface area (Å²) in [5.41, 5.74) is 10.3. The average molecular weight is 819 g/mol. The van der Waals surface area contributed by atoms with E-state index in [0.29, 0.717) is 23.2 Å². The summed E-state index contributed by atoms with van der Waals surface area (Å²) in [4.78, 5) is 18.9. The lowest BCUT2D eigenvalue weighted by Crippen LogP contribution is -2.00. The van der Waals surface area contributed by atoms with Crippen molar-refractivity contribution >= 4 is 69.5 Å². The van der Waals surface area contributed by atoms with Crippen LogP contribution in [0.25, 0.3) is 125 Å². The van der Waals surface area contributed by atoms with Gasteiger partial charge in [-0.3, -0.25) is 0 Å². The summed E-state index contributed by atoms with van der Waals surface area (Å²) < 4.78 is 2.48. The molecule has 0 saturated heterocycles. The molecule has 292 valence electrons. The lowest BCUT2D eigenvalue weighted by atomic mass is 9.87. The molecule has 12 rings (SSSR count). The Hall–Kier alpha value is -8.30. The number of benzene rings is 10. The van der Waals surface area contributed by atoms with E-state index in [9.17, 15) is 0 Å². The Morgan fingerprint density at radius 3 is 1.41 bits per heavy atom. The van der Waals surface area contributed by atoms with E-state index in [1.165, 1.54) is 58.1 Å². The molecule has 4 nitrogen and oxygen atoms in total. The SMILES string of the molecule is [C-]#[N+]c1ccc(-c2ccc(-c3cc4c5ccccc5c(-c5cccc(-c6nc(-c7ccccc7)nc(-c7ccc8c(c7)sc7ccccc78)n6)c5)cc4c4ccccc34)cc2)cc1. The molecule has 10 aromatic carbocycles. The predicted molar refractivity (Wildman–Crippen MR) is 264 cm³/mol. The van der Waals surface area contributed by atoms with Crippen molar-refractivity contribution in [2.75, 3.05) is 0 Å². The average Bonchev–Trinajstić information content (AvgIpc) is 3.74. The minimum absolute atomic E-state index is 0.628. The van der Waals surface area contributed by atoms with Gasteiger partial charge in [0.15, 0.2) is 23.2 Å². The standard InChI is InChI=1S/C58H34N4S/c1-59-43-29-26-37(27-30-43)36-22-24-38(25-23-36)50-34-52-47-19-8-6-17-45(47)51(35-53(52)46-18-7-5-16-44(46)50)40-14-11-15-41(32-40)57-60-56(39-12-3-2-4-13-39)61-58(62-57)42-28-31-49-48-20-9-10-21-54(48)63-55(49)33-42/h2-35H. The van der Waals surface area contributed by atoms with E-state index in [-0.39, 0.29) is 0 Å². The smallest absolute Gasteiger partial charge is 0.187 e. The molecule has 63 heavy (non-hydrogen) atoms. The van der Waals surface area contributed by atoms with Crippen molar-refractivity contribution in [3.8, 4) is 67.5 Å². The third kappa shape index (κ3) is 6.40. The third-order valence-corrected chi connectivity index (χ3v) is 13.3. The van der Waals surface area contributed by atoms with E-state index in [0.717, 1.165) is 44.5 Å². The third-order valence-electron chi connectivity index (χ3n) is 12.1. The fraction of sp³-hybridized carbons (Fsp3) is 0. The molecular weight excluding hydrogens is 785 g/mol. The number of fused-ring (bicyclic) bond motifs is 8. The van der Waals surface area contributed by atoms with E-state index in [4.69, 9.17) is 21.5 Å². The molecule has 0 fully saturated rings. The predicted octanol–water partition coefficient (Wildman–Crippen LogP) is 16.3. The lowest BCUT2D eigenvalue weighted by molar-refractivity contribution is 1.07. The zero-order valence-electron chi connectivity index (χ0n) is 33.8. The maximum atomic E-state index is 7.32. The molecule has 0 unspecified atom stereocenters. The van der Waals surface area contributed by atoms with Crippen molar-refractivity contribution < 1.29 is 0 Å². The van der Waals surface area contributed by atoms with Crippen LogP contribution in [0.1, 0.15) is 0 Å². The van der Waals surface area contributed by atoms with Crippen LogP contribution in [0, 0.1) is 6.57 Å². The first kappa shape index (κ1) is 36.5. The Morgan fingerprint density at radius 2 is 0.762 bits per heavy atom. The molecule has 2 heterocycles. The summed E-state index contributed by atoms with van der Waals surface area (Å²) in [5.74, 6) is 1.91. The van der Waals surface area contributed by atoms with Gasteiger partial charge in [-0.1, -0.05) is 176 Å².